The van der Waals surface area contributed by atoms with E-state index in [4.69, 9.17) is 0 Å². The third kappa shape index (κ3) is 4.60. The minimum atomic E-state index is 1.09. The van der Waals surface area contributed by atoms with Crippen LogP contribution in [0.4, 0.5) is 0 Å². The van der Waals surface area contributed by atoms with Crippen molar-refractivity contribution in [3.8, 4) is 0 Å². The molecule has 0 aromatic heterocycles. The van der Waals surface area contributed by atoms with Gasteiger partial charge >= 0.3 is 0 Å². The summed E-state index contributed by atoms with van der Waals surface area (Å²) in [6.45, 7) is 0. The Morgan fingerprint density at radius 1 is 0.636 bits per heavy atom. The second-order valence-corrected chi connectivity index (χ2v) is 2.85. The van der Waals surface area contributed by atoms with E-state index in [0.29, 0.717) is 0 Å². The lowest BCUT2D eigenvalue weighted by atomic mass is 10.2. The Kier molecular flexibility index (Phi) is 4.51. The third-order valence-corrected chi connectivity index (χ3v) is 1.81. The van der Waals surface area contributed by atoms with Crippen molar-refractivity contribution >= 4 is 0 Å². The van der Waals surface area contributed by atoms with E-state index in [2.05, 4.69) is 36.5 Å². The second kappa shape index (κ2) is 5.96. The highest BCUT2D eigenvalue weighted by atomic mass is 13.9. The van der Waals surface area contributed by atoms with Crippen LogP contribution in [0.1, 0.15) is 32.1 Å². The minimum Gasteiger partial charge on any atom is -0.0882 e. The van der Waals surface area contributed by atoms with Gasteiger partial charge in [0.1, 0.15) is 0 Å². The predicted octanol–water partition coefficient (Wildman–Crippen LogP) is 3.62. The van der Waals surface area contributed by atoms with E-state index in [9.17, 15) is 0 Å². The van der Waals surface area contributed by atoms with E-state index < -0.39 is 0 Å². The van der Waals surface area contributed by atoms with Crippen molar-refractivity contribution in [3.63, 3.8) is 0 Å². The Morgan fingerprint density at radius 2 is 1.36 bits per heavy atom. The van der Waals surface area contributed by atoms with Gasteiger partial charge in [0, 0.05) is 0 Å². The van der Waals surface area contributed by atoms with E-state index in [-0.39, 0.29) is 0 Å². The van der Waals surface area contributed by atoms with Gasteiger partial charge in [-0.05, 0) is 32.1 Å². The molecule has 11 heavy (non-hydrogen) atoms. The van der Waals surface area contributed by atoms with E-state index in [1.807, 2.05) is 0 Å². The smallest absolute Gasteiger partial charge is 0.0166 e. The van der Waals surface area contributed by atoms with Gasteiger partial charge in [-0.15, -0.1) is 0 Å². The van der Waals surface area contributed by atoms with Gasteiger partial charge in [-0.25, -0.2) is 0 Å². The molecule has 0 bridgehead atoms. The Labute approximate surface area is 69.3 Å². The highest BCUT2D eigenvalue weighted by Gasteiger charge is 1.83. The van der Waals surface area contributed by atoms with Crippen LogP contribution in [0, 0.1) is 0 Å². The zero-order valence-electron chi connectivity index (χ0n) is 7.00. The van der Waals surface area contributed by atoms with Crippen molar-refractivity contribution < 1.29 is 0 Å². The summed E-state index contributed by atoms with van der Waals surface area (Å²) in [5, 5.41) is 0. The van der Waals surface area contributed by atoms with E-state index in [1.165, 1.54) is 25.7 Å². The molecule has 0 aromatic rings. The molecule has 1 aliphatic carbocycles. The molecule has 0 fully saturated rings. The first-order valence-corrected chi connectivity index (χ1v) is 4.47. The molecule has 0 saturated heterocycles. The molecular formula is C11H16. The summed E-state index contributed by atoms with van der Waals surface area (Å²) >= 11 is 0. The average Bonchev–Trinajstić information content (AvgIpc) is 2.08. The van der Waals surface area contributed by atoms with Gasteiger partial charge in [0.05, 0.1) is 0 Å². The first-order valence-electron chi connectivity index (χ1n) is 4.47. The van der Waals surface area contributed by atoms with Crippen molar-refractivity contribution in [1.29, 1.82) is 0 Å². The second-order valence-electron chi connectivity index (χ2n) is 2.85. The number of allylic oxidation sites excluding steroid dienone is 6. The lowest BCUT2D eigenvalue weighted by molar-refractivity contribution is 0.761. The first kappa shape index (κ1) is 8.32. The minimum absolute atomic E-state index is 1.09. The molecule has 0 nitrogen and oxygen atoms in total. The standard InChI is InChI=1S/C11H16/c1-2-4-6-8-10-11-9-7-5-3-1/h1-4,7,9H,5-6,8,10-11H2/b3-1-,4-2+,9-7-. The Morgan fingerprint density at radius 3 is 2.27 bits per heavy atom. The van der Waals surface area contributed by atoms with Crippen LogP contribution in [0.3, 0.4) is 0 Å². The van der Waals surface area contributed by atoms with Gasteiger partial charge in [-0.1, -0.05) is 36.5 Å². The molecule has 0 atom stereocenters. The van der Waals surface area contributed by atoms with E-state index >= 15 is 0 Å². The van der Waals surface area contributed by atoms with Crippen LogP contribution in [-0.2, 0) is 0 Å². The summed E-state index contributed by atoms with van der Waals surface area (Å²) in [4.78, 5) is 0. The van der Waals surface area contributed by atoms with Crippen molar-refractivity contribution in [2.45, 2.75) is 32.1 Å². The van der Waals surface area contributed by atoms with Crippen molar-refractivity contribution in [2.24, 2.45) is 0 Å². The van der Waals surface area contributed by atoms with Gasteiger partial charge in [0.15, 0.2) is 0 Å². The monoisotopic (exact) mass is 148 g/mol. The van der Waals surface area contributed by atoms with E-state index in [1.54, 1.807) is 0 Å². The van der Waals surface area contributed by atoms with Crippen LogP contribution >= 0.6 is 0 Å². The molecule has 0 radical (unpaired) electrons. The van der Waals surface area contributed by atoms with Gasteiger partial charge in [-0.2, -0.15) is 0 Å². The maximum atomic E-state index is 2.29. The van der Waals surface area contributed by atoms with Gasteiger partial charge in [-0.3, -0.25) is 0 Å². The molecule has 1 aliphatic rings. The van der Waals surface area contributed by atoms with Gasteiger partial charge < -0.3 is 0 Å². The summed E-state index contributed by atoms with van der Waals surface area (Å²) < 4.78 is 0. The molecule has 0 aromatic carbocycles. The molecule has 0 saturated carbocycles. The summed E-state index contributed by atoms with van der Waals surface area (Å²) in [5.74, 6) is 0. The molecule has 0 amide bonds. The fourth-order valence-electron chi connectivity index (χ4n) is 1.15. The molecule has 0 unspecified atom stereocenters. The molecule has 0 heterocycles. The summed E-state index contributed by atoms with van der Waals surface area (Å²) in [6, 6.07) is 0. The van der Waals surface area contributed by atoms with Crippen LogP contribution in [0.15, 0.2) is 36.5 Å². The predicted molar refractivity (Wildman–Crippen MR) is 50.5 cm³/mol. The molecule has 0 aliphatic heterocycles. The zero-order chi connectivity index (χ0) is 7.78. The van der Waals surface area contributed by atoms with Crippen LogP contribution < -0.4 is 0 Å². The number of hydrogen-bond acceptors (Lipinski definition) is 0. The van der Waals surface area contributed by atoms with Crippen LogP contribution in [0.5, 0.6) is 0 Å². The van der Waals surface area contributed by atoms with Crippen molar-refractivity contribution in [2.75, 3.05) is 0 Å². The van der Waals surface area contributed by atoms with Crippen LogP contribution in [0.2, 0.25) is 0 Å². The summed E-state index contributed by atoms with van der Waals surface area (Å²) in [7, 11) is 0. The SMILES string of the molecule is C1=C\C/C=C\CCCC/C=C/1. The van der Waals surface area contributed by atoms with Crippen LogP contribution in [-0.4, -0.2) is 0 Å². The highest BCUT2D eigenvalue weighted by Crippen LogP contribution is 2.03. The molecule has 0 heteroatoms. The van der Waals surface area contributed by atoms with Gasteiger partial charge in [0.2, 0.25) is 0 Å². The topological polar surface area (TPSA) is 0 Å². The number of rotatable bonds is 0. The number of hydrogen-bond donors (Lipinski definition) is 0. The largest absolute Gasteiger partial charge is 0.0882 e. The Hall–Kier alpha value is -0.780. The van der Waals surface area contributed by atoms with E-state index in [0.717, 1.165) is 6.42 Å². The Bertz CT molecular complexity index is 161. The molecule has 1 rings (SSSR count). The maximum absolute atomic E-state index is 2.29. The molecular weight excluding hydrogens is 132 g/mol. The lowest BCUT2D eigenvalue weighted by Gasteiger charge is -1.90. The molecule has 0 N–H and O–H groups in total. The molecule has 0 spiro atoms. The maximum Gasteiger partial charge on any atom is -0.0166 e. The molecule has 60 valence electrons. The Balaban J connectivity index is 2.35. The first-order chi connectivity index (χ1) is 5.50. The lowest BCUT2D eigenvalue weighted by Crippen LogP contribution is -1.71. The van der Waals surface area contributed by atoms with Crippen LogP contribution in [0.25, 0.3) is 0 Å². The highest BCUT2D eigenvalue weighted by molar-refractivity contribution is 5.05. The average molecular weight is 148 g/mol. The summed E-state index contributed by atoms with van der Waals surface area (Å²) in [5.41, 5.74) is 0. The normalized spacial score (nSPS) is 28.4. The summed E-state index contributed by atoms with van der Waals surface area (Å²) in [6.07, 6.45) is 19.5. The van der Waals surface area contributed by atoms with Gasteiger partial charge in [0.25, 0.3) is 0 Å². The zero-order valence-corrected chi connectivity index (χ0v) is 7.00. The van der Waals surface area contributed by atoms with Crippen molar-refractivity contribution in [1.82, 2.24) is 0 Å². The quantitative estimate of drug-likeness (QED) is 0.460. The third-order valence-electron chi connectivity index (χ3n) is 1.81. The fourth-order valence-corrected chi connectivity index (χ4v) is 1.15. The van der Waals surface area contributed by atoms with Crippen molar-refractivity contribution in [3.05, 3.63) is 36.5 Å². The fraction of sp³-hybridized carbons (Fsp3) is 0.455.